The molecule has 0 aliphatic carbocycles. The summed E-state index contributed by atoms with van der Waals surface area (Å²) in [5, 5.41) is 2.96. The Hall–Kier alpha value is -3.61. The average Bonchev–Trinajstić information content (AvgIpc) is 2.72. The van der Waals surface area contributed by atoms with Gasteiger partial charge in [0.2, 0.25) is 16.0 Å². The number of nitrogens with two attached hydrogens (primary N) is 1. The van der Waals surface area contributed by atoms with Gasteiger partial charge in [-0.1, -0.05) is 0 Å². The lowest BCUT2D eigenvalue weighted by molar-refractivity contribution is 0.413. The van der Waals surface area contributed by atoms with Crippen LogP contribution in [0.2, 0.25) is 0 Å². The van der Waals surface area contributed by atoms with Crippen LogP contribution in [0.5, 0.6) is 5.75 Å². The fraction of sp³-hybridized carbons (Fsp3) is 0.235. The molecular formula is C17H17FN8O3S. The molecule has 1 unspecified atom stereocenters. The van der Waals surface area contributed by atoms with Gasteiger partial charge in [-0.15, -0.1) is 0 Å². The zero-order chi connectivity index (χ0) is 21.5. The molecule has 3 aromatic heterocycles. The lowest BCUT2D eigenvalue weighted by Crippen LogP contribution is -2.45. The molecule has 0 saturated carbocycles. The van der Waals surface area contributed by atoms with Crippen LogP contribution >= 0.6 is 0 Å². The highest BCUT2D eigenvalue weighted by Gasteiger charge is 2.32. The van der Waals surface area contributed by atoms with Gasteiger partial charge in [0.25, 0.3) is 0 Å². The maximum absolute atomic E-state index is 14.4. The third-order valence-corrected chi connectivity index (χ3v) is 6.33. The second-order valence-corrected chi connectivity index (χ2v) is 8.48. The monoisotopic (exact) mass is 432 g/mol. The van der Waals surface area contributed by atoms with Gasteiger partial charge >= 0.3 is 0 Å². The Morgan fingerprint density at radius 2 is 2.03 bits per heavy atom. The number of sulfonamides is 1. The summed E-state index contributed by atoms with van der Waals surface area (Å²) in [6, 6.07) is 2.06. The Kier molecular flexibility index (Phi) is 4.81. The molecule has 0 radical (unpaired) electrons. The van der Waals surface area contributed by atoms with E-state index in [0.717, 1.165) is 10.5 Å². The zero-order valence-electron chi connectivity index (χ0n) is 15.9. The average molecular weight is 432 g/mol. The van der Waals surface area contributed by atoms with Crippen LogP contribution in [0.15, 0.2) is 35.8 Å². The Balaban J connectivity index is 1.71. The van der Waals surface area contributed by atoms with Crippen molar-refractivity contribution in [1.82, 2.24) is 24.2 Å². The first-order valence-electron chi connectivity index (χ1n) is 8.65. The van der Waals surface area contributed by atoms with Gasteiger partial charge < -0.3 is 15.8 Å². The van der Waals surface area contributed by atoms with Gasteiger partial charge in [-0.05, 0) is 6.07 Å². The second-order valence-electron chi connectivity index (χ2n) is 6.43. The Morgan fingerprint density at radius 1 is 1.23 bits per heavy atom. The standard InChI is InChI=1S/C17H17FN8O3S/c1-26-17(19)24-13(7-30(26,27)28)10-4-14(20-6-11(10)18)25-16-15-12(22-8-23-16)3-9(29-2)5-21-15/h3-6,8,13H,7H2,1-2H3,(H2,19,24)(H,20,22,23,25). The molecular weight excluding hydrogens is 415 g/mol. The fourth-order valence-corrected chi connectivity index (χ4v) is 4.13. The topological polar surface area (TPSA) is 149 Å². The van der Waals surface area contributed by atoms with Crippen LogP contribution in [-0.4, -0.2) is 58.5 Å². The lowest BCUT2D eigenvalue weighted by Gasteiger charge is -2.27. The number of nitrogens with zero attached hydrogens (tertiary/aromatic N) is 6. The summed E-state index contributed by atoms with van der Waals surface area (Å²) < 4.78 is 44.9. The highest BCUT2D eigenvalue weighted by atomic mass is 32.2. The van der Waals surface area contributed by atoms with E-state index < -0.39 is 27.6 Å². The molecule has 13 heteroatoms. The van der Waals surface area contributed by atoms with Crippen LogP contribution in [0.4, 0.5) is 16.0 Å². The first-order valence-corrected chi connectivity index (χ1v) is 10.3. The fourth-order valence-electron chi connectivity index (χ4n) is 2.92. The number of rotatable bonds is 4. The lowest BCUT2D eigenvalue weighted by atomic mass is 10.1. The zero-order valence-corrected chi connectivity index (χ0v) is 16.8. The van der Waals surface area contributed by atoms with Gasteiger partial charge in [-0.3, -0.25) is 0 Å². The van der Waals surface area contributed by atoms with E-state index in [1.165, 1.54) is 32.7 Å². The van der Waals surface area contributed by atoms with E-state index in [2.05, 4.69) is 30.2 Å². The SMILES string of the molecule is COc1cnc2c(Nc3cc(C4CS(=O)(=O)N(C)C(N)=N4)c(F)cn3)ncnc2c1. The molecule has 0 spiro atoms. The van der Waals surface area contributed by atoms with Gasteiger partial charge in [0, 0.05) is 18.7 Å². The van der Waals surface area contributed by atoms with Gasteiger partial charge in [-0.2, -0.15) is 0 Å². The predicted octanol–water partition coefficient (Wildman–Crippen LogP) is 0.942. The number of anilines is 2. The second kappa shape index (κ2) is 7.33. The summed E-state index contributed by atoms with van der Waals surface area (Å²) in [5.41, 5.74) is 6.72. The smallest absolute Gasteiger partial charge is 0.239 e. The number of fused-ring (bicyclic) bond motifs is 1. The first kappa shape index (κ1) is 19.7. The molecule has 0 saturated heterocycles. The minimum atomic E-state index is -3.70. The summed E-state index contributed by atoms with van der Waals surface area (Å²) in [7, 11) is -0.891. The van der Waals surface area contributed by atoms with Crippen molar-refractivity contribution in [2.45, 2.75) is 6.04 Å². The van der Waals surface area contributed by atoms with Crippen LogP contribution < -0.4 is 15.8 Å². The van der Waals surface area contributed by atoms with Crippen molar-refractivity contribution in [3.8, 4) is 5.75 Å². The molecule has 11 nitrogen and oxygen atoms in total. The molecule has 1 atom stereocenters. The van der Waals surface area contributed by atoms with Crippen molar-refractivity contribution in [2.75, 3.05) is 25.2 Å². The number of pyridine rings is 2. The molecule has 30 heavy (non-hydrogen) atoms. The molecule has 0 fully saturated rings. The maximum atomic E-state index is 14.4. The van der Waals surface area contributed by atoms with Crippen LogP contribution in [0.25, 0.3) is 11.0 Å². The molecule has 4 rings (SSSR count). The maximum Gasteiger partial charge on any atom is 0.239 e. The summed E-state index contributed by atoms with van der Waals surface area (Å²) >= 11 is 0. The van der Waals surface area contributed by atoms with Crippen molar-refractivity contribution in [1.29, 1.82) is 0 Å². The highest BCUT2D eigenvalue weighted by molar-refractivity contribution is 7.89. The van der Waals surface area contributed by atoms with Crippen molar-refractivity contribution in [3.63, 3.8) is 0 Å². The molecule has 4 heterocycles. The molecule has 0 amide bonds. The van der Waals surface area contributed by atoms with Crippen LogP contribution in [0.1, 0.15) is 11.6 Å². The summed E-state index contributed by atoms with van der Waals surface area (Å²) in [6.45, 7) is 0. The van der Waals surface area contributed by atoms with E-state index in [-0.39, 0.29) is 17.3 Å². The number of halogens is 1. The summed E-state index contributed by atoms with van der Waals surface area (Å²) in [6.07, 6.45) is 3.83. The molecule has 156 valence electrons. The number of ether oxygens (including phenoxy) is 1. The number of hydrogen-bond acceptors (Lipinski definition) is 10. The summed E-state index contributed by atoms with van der Waals surface area (Å²) in [5.74, 6) is -0.217. The van der Waals surface area contributed by atoms with Gasteiger partial charge in [-0.25, -0.2) is 42.0 Å². The predicted molar refractivity (Wildman–Crippen MR) is 107 cm³/mol. The summed E-state index contributed by atoms with van der Waals surface area (Å²) in [4.78, 5) is 20.7. The molecule has 1 aliphatic heterocycles. The van der Waals surface area contributed by atoms with E-state index in [9.17, 15) is 12.8 Å². The minimum absolute atomic E-state index is 0.0418. The van der Waals surface area contributed by atoms with E-state index >= 15 is 0 Å². The third kappa shape index (κ3) is 3.54. The highest BCUT2D eigenvalue weighted by Crippen LogP contribution is 2.29. The number of hydrogen-bond donors (Lipinski definition) is 2. The molecule has 3 N–H and O–H groups in total. The Labute approximate surface area is 170 Å². The number of methoxy groups -OCH3 is 1. The van der Waals surface area contributed by atoms with Crippen LogP contribution in [0, 0.1) is 5.82 Å². The van der Waals surface area contributed by atoms with E-state index in [0.29, 0.717) is 22.6 Å². The van der Waals surface area contributed by atoms with Crippen molar-refractivity contribution in [2.24, 2.45) is 10.7 Å². The van der Waals surface area contributed by atoms with E-state index in [1.807, 2.05) is 0 Å². The number of nitrogens with one attached hydrogen (secondary N) is 1. The number of guanidine groups is 1. The van der Waals surface area contributed by atoms with Gasteiger partial charge in [0.05, 0.1) is 36.8 Å². The minimum Gasteiger partial charge on any atom is -0.495 e. The molecule has 0 aromatic carbocycles. The van der Waals surface area contributed by atoms with Crippen LogP contribution in [-0.2, 0) is 10.0 Å². The van der Waals surface area contributed by atoms with E-state index in [4.69, 9.17) is 10.5 Å². The van der Waals surface area contributed by atoms with Crippen molar-refractivity contribution >= 4 is 38.7 Å². The third-order valence-electron chi connectivity index (χ3n) is 4.57. The quantitative estimate of drug-likeness (QED) is 0.614. The molecule has 0 bridgehead atoms. The van der Waals surface area contributed by atoms with Crippen molar-refractivity contribution in [3.05, 3.63) is 42.2 Å². The largest absolute Gasteiger partial charge is 0.495 e. The first-order chi connectivity index (χ1) is 14.3. The van der Waals surface area contributed by atoms with Crippen molar-refractivity contribution < 1.29 is 17.5 Å². The molecule has 1 aliphatic rings. The van der Waals surface area contributed by atoms with Crippen LogP contribution in [0.3, 0.4) is 0 Å². The number of aliphatic imine (C=N–C) groups is 1. The number of aromatic nitrogens is 4. The Morgan fingerprint density at radius 3 is 2.77 bits per heavy atom. The van der Waals surface area contributed by atoms with E-state index in [1.54, 1.807) is 6.07 Å². The normalized spacial score (nSPS) is 18.2. The van der Waals surface area contributed by atoms with Gasteiger partial charge in [0.15, 0.2) is 5.82 Å². The van der Waals surface area contributed by atoms with Gasteiger partial charge in [0.1, 0.15) is 29.2 Å². The molecule has 3 aromatic rings. The Bertz CT molecular complexity index is 1270.